The SMILES string of the molecule is COc1cc2ncnc(-c3ccc(CNS(N)(=O)=O)cc3)c2cc1OC. The number of nitrogens with two attached hydrogens (primary N) is 1. The van der Waals surface area contributed by atoms with Gasteiger partial charge >= 0.3 is 0 Å². The molecular weight excluding hydrogens is 356 g/mol. The Morgan fingerprint density at radius 3 is 2.31 bits per heavy atom. The van der Waals surface area contributed by atoms with Crippen LogP contribution in [0.4, 0.5) is 0 Å². The zero-order valence-electron chi connectivity index (χ0n) is 14.3. The number of fused-ring (bicyclic) bond motifs is 1. The van der Waals surface area contributed by atoms with E-state index in [1.165, 1.54) is 6.33 Å². The molecule has 26 heavy (non-hydrogen) atoms. The van der Waals surface area contributed by atoms with Gasteiger partial charge in [0, 0.05) is 23.6 Å². The van der Waals surface area contributed by atoms with Crippen molar-refractivity contribution in [2.24, 2.45) is 5.14 Å². The topological polar surface area (TPSA) is 116 Å². The van der Waals surface area contributed by atoms with Crippen molar-refractivity contribution in [2.75, 3.05) is 14.2 Å². The maximum atomic E-state index is 11.0. The monoisotopic (exact) mass is 374 g/mol. The molecule has 0 fully saturated rings. The second-order valence-corrected chi connectivity index (χ2v) is 6.89. The van der Waals surface area contributed by atoms with Crippen LogP contribution in [0.2, 0.25) is 0 Å². The van der Waals surface area contributed by atoms with E-state index < -0.39 is 10.2 Å². The summed E-state index contributed by atoms with van der Waals surface area (Å²) in [4.78, 5) is 8.67. The molecule has 9 heteroatoms. The van der Waals surface area contributed by atoms with Crippen LogP contribution in [0.3, 0.4) is 0 Å². The van der Waals surface area contributed by atoms with Gasteiger partial charge in [-0.05, 0) is 11.6 Å². The number of nitrogens with zero attached hydrogens (tertiary/aromatic N) is 2. The molecule has 0 unspecified atom stereocenters. The molecule has 0 radical (unpaired) electrons. The van der Waals surface area contributed by atoms with Crippen molar-refractivity contribution in [3.8, 4) is 22.8 Å². The average molecular weight is 374 g/mol. The third-order valence-corrected chi connectivity index (χ3v) is 4.39. The lowest BCUT2D eigenvalue weighted by Crippen LogP contribution is -2.30. The standard InChI is InChI=1S/C17H18N4O4S/c1-24-15-7-13-14(8-16(15)25-2)19-10-20-17(13)12-5-3-11(4-6-12)9-21-26(18,22)23/h3-8,10,21H,9H2,1-2H3,(H2,18,22,23). The Bertz CT molecular complexity index is 1040. The van der Waals surface area contributed by atoms with Crippen molar-refractivity contribution in [3.05, 3.63) is 48.3 Å². The predicted octanol–water partition coefficient (Wildman–Crippen LogP) is 1.61. The first-order valence-corrected chi connectivity index (χ1v) is 9.19. The Kier molecular flexibility index (Phi) is 5.03. The number of rotatable bonds is 6. The fraction of sp³-hybridized carbons (Fsp3) is 0.176. The van der Waals surface area contributed by atoms with Gasteiger partial charge in [0.15, 0.2) is 11.5 Å². The lowest BCUT2D eigenvalue weighted by molar-refractivity contribution is 0.356. The lowest BCUT2D eigenvalue weighted by Gasteiger charge is -2.11. The Labute approximate surface area is 151 Å². The van der Waals surface area contributed by atoms with Crippen molar-refractivity contribution in [1.82, 2.24) is 14.7 Å². The predicted molar refractivity (Wildman–Crippen MR) is 98.0 cm³/mol. The first kappa shape index (κ1) is 18.1. The van der Waals surface area contributed by atoms with Crippen LogP contribution in [0.5, 0.6) is 11.5 Å². The van der Waals surface area contributed by atoms with Crippen molar-refractivity contribution in [2.45, 2.75) is 6.54 Å². The number of aromatic nitrogens is 2. The first-order valence-electron chi connectivity index (χ1n) is 7.64. The summed E-state index contributed by atoms with van der Waals surface area (Å²) in [6.45, 7) is 0.120. The van der Waals surface area contributed by atoms with Gasteiger partial charge in [-0.25, -0.2) is 15.1 Å². The van der Waals surface area contributed by atoms with Crippen LogP contribution >= 0.6 is 0 Å². The number of ether oxygens (including phenoxy) is 2. The molecule has 0 spiro atoms. The van der Waals surface area contributed by atoms with E-state index in [-0.39, 0.29) is 6.54 Å². The van der Waals surface area contributed by atoms with Gasteiger partial charge in [-0.15, -0.1) is 0 Å². The van der Waals surface area contributed by atoms with E-state index in [4.69, 9.17) is 14.6 Å². The van der Waals surface area contributed by atoms with Crippen LogP contribution in [0.15, 0.2) is 42.7 Å². The van der Waals surface area contributed by atoms with Crippen LogP contribution in [-0.4, -0.2) is 32.6 Å². The molecule has 0 aliphatic heterocycles. The summed E-state index contributed by atoms with van der Waals surface area (Å²) in [6, 6.07) is 11.0. The van der Waals surface area contributed by atoms with E-state index in [2.05, 4.69) is 14.7 Å². The van der Waals surface area contributed by atoms with Crippen molar-refractivity contribution in [1.29, 1.82) is 0 Å². The molecule has 0 bridgehead atoms. The highest BCUT2D eigenvalue weighted by Crippen LogP contribution is 2.35. The van der Waals surface area contributed by atoms with Crippen LogP contribution in [0, 0.1) is 0 Å². The van der Waals surface area contributed by atoms with Crippen LogP contribution in [-0.2, 0) is 16.8 Å². The smallest absolute Gasteiger partial charge is 0.274 e. The number of methoxy groups -OCH3 is 2. The molecule has 0 amide bonds. The van der Waals surface area contributed by atoms with E-state index in [1.54, 1.807) is 20.3 Å². The normalized spacial score (nSPS) is 11.5. The van der Waals surface area contributed by atoms with E-state index in [9.17, 15) is 8.42 Å². The number of benzene rings is 2. The van der Waals surface area contributed by atoms with Crippen molar-refractivity contribution in [3.63, 3.8) is 0 Å². The molecule has 136 valence electrons. The van der Waals surface area contributed by atoms with Gasteiger partial charge in [-0.1, -0.05) is 24.3 Å². The van der Waals surface area contributed by atoms with Crippen molar-refractivity contribution >= 4 is 21.1 Å². The molecular formula is C17H18N4O4S. The zero-order chi connectivity index (χ0) is 18.7. The highest BCUT2D eigenvalue weighted by molar-refractivity contribution is 7.87. The summed E-state index contributed by atoms with van der Waals surface area (Å²) in [5.74, 6) is 1.18. The molecule has 2 aromatic carbocycles. The number of hydrogen-bond donors (Lipinski definition) is 2. The van der Waals surface area contributed by atoms with Crippen LogP contribution in [0.25, 0.3) is 22.2 Å². The molecule has 3 aromatic rings. The first-order chi connectivity index (χ1) is 12.4. The van der Waals surface area contributed by atoms with Gasteiger partial charge in [-0.3, -0.25) is 0 Å². The third kappa shape index (κ3) is 3.90. The second kappa shape index (κ2) is 7.24. The molecule has 0 saturated carbocycles. The van der Waals surface area contributed by atoms with Gasteiger partial charge in [0.05, 0.1) is 25.4 Å². The van der Waals surface area contributed by atoms with Crippen LogP contribution in [0.1, 0.15) is 5.56 Å². The fourth-order valence-corrected chi connectivity index (χ4v) is 2.95. The fourth-order valence-electron chi connectivity index (χ4n) is 2.58. The Hall–Kier alpha value is -2.75. The summed E-state index contributed by atoms with van der Waals surface area (Å²) in [5.41, 5.74) is 3.11. The Balaban J connectivity index is 1.99. The van der Waals surface area contributed by atoms with Gasteiger partial charge in [-0.2, -0.15) is 13.1 Å². The van der Waals surface area contributed by atoms with E-state index in [1.807, 2.05) is 30.3 Å². The summed E-state index contributed by atoms with van der Waals surface area (Å²) < 4.78 is 34.9. The molecule has 0 aliphatic carbocycles. The van der Waals surface area contributed by atoms with E-state index >= 15 is 0 Å². The minimum atomic E-state index is -3.72. The highest BCUT2D eigenvalue weighted by Gasteiger charge is 2.12. The van der Waals surface area contributed by atoms with Crippen LogP contribution < -0.4 is 19.3 Å². The molecule has 3 rings (SSSR count). The Morgan fingerprint density at radius 2 is 1.69 bits per heavy atom. The summed E-state index contributed by atoms with van der Waals surface area (Å²) in [7, 11) is -0.585. The second-order valence-electron chi connectivity index (χ2n) is 5.51. The van der Waals surface area contributed by atoms with E-state index in [0.29, 0.717) is 11.5 Å². The molecule has 1 aromatic heterocycles. The van der Waals surface area contributed by atoms with Gasteiger partial charge in [0.1, 0.15) is 6.33 Å². The maximum absolute atomic E-state index is 11.0. The largest absolute Gasteiger partial charge is 0.493 e. The summed E-state index contributed by atoms with van der Waals surface area (Å²) in [5, 5.41) is 5.76. The minimum absolute atomic E-state index is 0.120. The number of hydrogen-bond acceptors (Lipinski definition) is 6. The number of nitrogens with one attached hydrogen (secondary N) is 1. The maximum Gasteiger partial charge on any atom is 0.274 e. The molecule has 0 saturated heterocycles. The molecule has 0 atom stereocenters. The lowest BCUT2D eigenvalue weighted by atomic mass is 10.0. The average Bonchev–Trinajstić information content (AvgIpc) is 2.64. The van der Waals surface area contributed by atoms with Gasteiger partial charge in [0.2, 0.25) is 0 Å². The molecule has 1 heterocycles. The highest BCUT2D eigenvalue weighted by atomic mass is 32.2. The quantitative estimate of drug-likeness (QED) is 0.677. The summed E-state index contributed by atoms with van der Waals surface area (Å²) in [6.07, 6.45) is 1.49. The summed E-state index contributed by atoms with van der Waals surface area (Å²) >= 11 is 0. The molecule has 8 nitrogen and oxygen atoms in total. The molecule has 0 aliphatic rings. The van der Waals surface area contributed by atoms with E-state index in [0.717, 1.165) is 27.7 Å². The molecule has 3 N–H and O–H groups in total. The minimum Gasteiger partial charge on any atom is -0.493 e. The van der Waals surface area contributed by atoms with Gasteiger partial charge < -0.3 is 9.47 Å². The van der Waals surface area contributed by atoms with Gasteiger partial charge in [0.25, 0.3) is 10.2 Å². The zero-order valence-corrected chi connectivity index (χ0v) is 15.1. The third-order valence-electron chi connectivity index (χ3n) is 3.85. The Morgan fingerprint density at radius 1 is 1.04 bits per heavy atom. The van der Waals surface area contributed by atoms with Crippen molar-refractivity contribution < 1.29 is 17.9 Å².